The van der Waals surface area contributed by atoms with Crippen molar-refractivity contribution in [3.05, 3.63) is 59.2 Å². The summed E-state index contributed by atoms with van der Waals surface area (Å²) < 4.78 is 5.44. The van der Waals surface area contributed by atoms with Crippen molar-refractivity contribution in [2.75, 3.05) is 7.11 Å². The number of aryl methyl sites for hydroxylation is 1. The van der Waals surface area contributed by atoms with E-state index in [0.29, 0.717) is 11.6 Å². The van der Waals surface area contributed by atoms with Crippen molar-refractivity contribution in [1.82, 2.24) is 5.32 Å². The smallest absolute Gasteiger partial charge is 0.251 e. The Hall–Kier alpha value is -1.94. The molecule has 0 bridgehead atoms. The van der Waals surface area contributed by atoms with E-state index in [9.17, 15) is 4.79 Å². The molecule has 0 unspecified atom stereocenters. The third kappa shape index (κ3) is 4.29. The lowest BCUT2D eigenvalue weighted by Crippen LogP contribution is -2.25. The van der Waals surface area contributed by atoms with Gasteiger partial charge in [-0.2, -0.15) is 0 Å². The largest absolute Gasteiger partial charge is 0.496 e. The maximum atomic E-state index is 12.2. The van der Waals surface area contributed by atoms with Gasteiger partial charge in [0, 0.05) is 27.8 Å². The minimum Gasteiger partial charge on any atom is -0.496 e. The van der Waals surface area contributed by atoms with Gasteiger partial charge in [-0.05, 0) is 50.1 Å². The minimum atomic E-state index is 0.0109. The predicted octanol–water partition coefficient (Wildman–Crippen LogP) is 4.19. The number of methoxy groups -OCH3 is 1. The maximum absolute atomic E-state index is 12.2. The highest BCUT2D eigenvalue weighted by molar-refractivity contribution is 7.98. The highest BCUT2D eigenvalue weighted by Gasteiger charge is 2.24. The van der Waals surface area contributed by atoms with Gasteiger partial charge in [0.2, 0.25) is 0 Å². The van der Waals surface area contributed by atoms with Gasteiger partial charge in [-0.1, -0.05) is 17.7 Å². The summed E-state index contributed by atoms with van der Waals surface area (Å²) in [4.78, 5) is 13.4. The van der Waals surface area contributed by atoms with Gasteiger partial charge >= 0.3 is 0 Å². The summed E-state index contributed by atoms with van der Waals surface area (Å²) in [5.41, 5.74) is 3.00. The molecule has 0 atom stereocenters. The molecular formula is C19H21NO2S. The third-order valence-corrected chi connectivity index (χ3v) is 4.93. The number of ether oxygens (including phenoxy) is 1. The second kappa shape index (κ2) is 7.09. The van der Waals surface area contributed by atoms with Gasteiger partial charge in [0.25, 0.3) is 5.91 Å². The summed E-state index contributed by atoms with van der Waals surface area (Å²) in [6.07, 6.45) is 2.19. The van der Waals surface area contributed by atoms with Crippen LogP contribution in [0.15, 0.2) is 47.4 Å². The number of amides is 1. The van der Waals surface area contributed by atoms with Crippen LogP contribution < -0.4 is 10.1 Å². The lowest BCUT2D eigenvalue weighted by Gasteiger charge is -2.11. The van der Waals surface area contributed by atoms with E-state index in [-0.39, 0.29) is 5.91 Å². The first-order chi connectivity index (χ1) is 11.2. The van der Waals surface area contributed by atoms with Crippen molar-refractivity contribution >= 4 is 17.7 Å². The molecule has 23 heavy (non-hydrogen) atoms. The molecule has 2 aromatic carbocycles. The molecule has 0 aliphatic heterocycles. The van der Waals surface area contributed by atoms with Gasteiger partial charge in [0.15, 0.2) is 0 Å². The second-order valence-corrected chi connectivity index (χ2v) is 6.92. The number of hydrogen-bond donors (Lipinski definition) is 1. The molecule has 2 aromatic rings. The Balaban J connectivity index is 1.72. The average Bonchev–Trinajstić information content (AvgIpc) is 3.38. The van der Waals surface area contributed by atoms with Gasteiger partial charge < -0.3 is 10.1 Å². The van der Waals surface area contributed by atoms with Crippen LogP contribution in [0.1, 0.15) is 34.3 Å². The maximum Gasteiger partial charge on any atom is 0.251 e. The number of carbonyl (C=O) groups is 1. The molecule has 0 radical (unpaired) electrons. The van der Waals surface area contributed by atoms with E-state index < -0.39 is 0 Å². The fourth-order valence-corrected chi connectivity index (χ4v) is 3.20. The van der Waals surface area contributed by atoms with E-state index in [4.69, 9.17) is 4.74 Å². The van der Waals surface area contributed by atoms with Gasteiger partial charge in [-0.15, -0.1) is 11.8 Å². The van der Waals surface area contributed by atoms with Crippen LogP contribution in [0.2, 0.25) is 0 Å². The Kier molecular flexibility index (Phi) is 4.91. The molecule has 0 saturated heterocycles. The molecule has 3 nitrogen and oxygen atoms in total. The van der Waals surface area contributed by atoms with Crippen LogP contribution >= 0.6 is 11.8 Å². The Morgan fingerprint density at radius 2 is 1.96 bits per heavy atom. The van der Waals surface area contributed by atoms with Gasteiger partial charge in [0.05, 0.1) is 7.11 Å². The lowest BCUT2D eigenvalue weighted by atomic mass is 10.1. The Bertz CT molecular complexity index is 693. The quantitative estimate of drug-likeness (QED) is 0.809. The summed E-state index contributed by atoms with van der Waals surface area (Å²) in [7, 11) is 1.67. The summed E-state index contributed by atoms with van der Waals surface area (Å²) >= 11 is 1.75. The monoisotopic (exact) mass is 327 g/mol. The Morgan fingerprint density at radius 1 is 1.22 bits per heavy atom. The molecule has 1 N–H and O–H groups in total. The van der Waals surface area contributed by atoms with E-state index in [1.165, 1.54) is 10.5 Å². The molecule has 1 fully saturated rings. The Morgan fingerprint density at radius 3 is 2.61 bits per heavy atom. The van der Waals surface area contributed by atoms with E-state index in [1.807, 2.05) is 18.2 Å². The van der Waals surface area contributed by atoms with Crippen LogP contribution in [0.3, 0.4) is 0 Å². The average molecular weight is 327 g/mol. The molecule has 1 amide bonds. The zero-order valence-corrected chi connectivity index (χ0v) is 14.3. The number of thioether (sulfide) groups is 1. The molecule has 1 saturated carbocycles. The van der Waals surface area contributed by atoms with Crippen LogP contribution in [-0.4, -0.2) is 19.1 Å². The molecule has 1 aliphatic rings. The van der Waals surface area contributed by atoms with Crippen molar-refractivity contribution in [2.45, 2.75) is 36.5 Å². The normalized spacial score (nSPS) is 13.7. The fourth-order valence-electron chi connectivity index (χ4n) is 2.32. The summed E-state index contributed by atoms with van der Waals surface area (Å²) in [5.74, 6) is 1.61. The van der Waals surface area contributed by atoms with Gasteiger partial charge in [-0.25, -0.2) is 0 Å². The highest BCUT2D eigenvalue weighted by Crippen LogP contribution is 2.29. The zero-order chi connectivity index (χ0) is 16.2. The van der Waals surface area contributed by atoms with Crippen molar-refractivity contribution in [2.24, 2.45) is 0 Å². The van der Waals surface area contributed by atoms with Crippen molar-refractivity contribution < 1.29 is 9.53 Å². The van der Waals surface area contributed by atoms with Crippen LogP contribution in [0.5, 0.6) is 5.75 Å². The predicted molar refractivity (Wildman–Crippen MR) is 94.2 cm³/mol. The van der Waals surface area contributed by atoms with Crippen LogP contribution in [0.4, 0.5) is 0 Å². The topological polar surface area (TPSA) is 38.3 Å². The molecule has 0 heterocycles. The van der Waals surface area contributed by atoms with Crippen LogP contribution in [-0.2, 0) is 5.75 Å². The Labute approximate surface area is 141 Å². The van der Waals surface area contributed by atoms with Crippen molar-refractivity contribution in [1.29, 1.82) is 0 Å². The van der Waals surface area contributed by atoms with E-state index in [1.54, 1.807) is 18.9 Å². The van der Waals surface area contributed by atoms with Crippen LogP contribution in [0, 0.1) is 6.92 Å². The first-order valence-corrected chi connectivity index (χ1v) is 8.81. The van der Waals surface area contributed by atoms with E-state index in [0.717, 1.165) is 29.9 Å². The second-order valence-electron chi connectivity index (χ2n) is 5.88. The van der Waals surface area contributed by atoms with Gasteiger partial charge in [-0.3, -0.25) is 4.79 Å². The highest BCUT2D eigenvalue weighted by atomic mass is 32.2. The van der Waals surface area contributed by atoms with E-state index >= 15 is 0 Å². The minimum absolute atomic E-state index is 0.0109. The number of benzene rings is 2. The summed E-state index contributed by atoms with van der Waals surface area (Å²) in [5, 5.41) is 3.03. The first-order valence-electron chi connectivity index (χ1n) is 7.83. The van der Waals surface area contributed by atoms with Crippen molar-refractivity contribution in [3.8, 4) is 5.75 Å². The molecule has 3 rings (SSSR count). The zero-order valence-electron chi connectivity index (χ0n) is 13.5. The molecule has 1 aliphatic carbocycles. The first kappa shape index (κ1) is 15.9. The standard InChI is InChI=1S/C19H21NO2S/c1-13-3-8-17(9-4-13)23-12-15-11-14(5-10-18(15)22-2)19(21)20-16-6-7-16/h3-5,8-11,16H,6-7,12H2,1-2H3,(H,20,21). The molecule has 0 aromatic heterocycles. The number of hydrogen-bond acceptors (Lipinski definition) is 3. The lowest BCUT2D eigenvalue weighted by molar-refractivity contribution is 0.0951. The third-order valence-electron chi connectivity index (χ3n) is 3.87. The SMILES string of the molecule is COc1ccc(C(=O)NC2CC2)cc1CSc1ccc(C)cc1. The summed E-state index contributed by atoms with van der Waals surface area (Å²) in [6.45, 7) is 2.08. The number of nitrogens with one attached hydrogen (secondary N) is 1. The number of rotatable bonds is 6. The molecule has 4 heteroatoms. The van der Waals surface area contributed by atoms with E-state index in [2.05, 4.69) is 36.5 Å². The fraction of sp³-hybridized carbons (Fsp3) is 0.316. The summed E-state index contributed by atoms with van der Waals surface area (Å²) in [6, 6.07) is 14.5. The molecule has 0 spiro atoms. The molecular weight excluding hydrogens is 306 g/mol. The molecule has 120 valence electrons. The van der Waals surface area contributed by atoms with Crippen LogP contribution in [0.25, 0.3) is 0 Å². The number of carbonyl (C=O) groups excluding carboxylic acids is 1. The van der Waals surface area contributed by atoms with Crippen molar-refractivity contribution in [3.63, 3.8) is 0 Å². The van der Waals surface area contributed by atoms with Gasteiger partial charge in [0.1, 0.15) is 5.75 Å².